The molecule has 1 amide bonds. The van der Waals surface area contributed by atoms with Crippen molar-refractivity contribution in [2.24, 2.45) is 28.9 Å². The summed E-state index contributed by atoms with van der Waals surface area (Å²) < 4.78 is 0. The molecule has 2 fully saturated rings. The number of rotatable bonds is 4. The third-order valence-electron chi connectivity index (χ3n) is 5.37. The van der Waals surface area contributed by atoms with Gasteiger partial charge in [-0.2, -0.15) is 0 Å². The third kappa shape index (κ3) is 2.68. The van der Waals surface area contributed by atoms with Gasteiger partial charge in [0.05, 0.1) is 11.3 Å². The number of nitrogens with zero attached hydrogens (tertiary/aromatic N) is 1. The Morgan fingerprint density at radius 2 is 1.90 bits per heavy atom. The Bertz CT molecular complexity index is 383. The fraction of sp³-hybridized carbons (Fsp3) is 0.867. The summed E-state index contributed by atoms with van der Waals surface area (Å²) in [5, 5.41) is 8.99. The smallest absolute Gasteiger partial charge is 0.306 e. The Kier molecular flexibility index (Phi) is 4.37. The molecule has 1 saturated heterocycles. The lowest BCUT2D eigenvalue weighted by atomic mass is 9.69. The standard InChI is InChI=1S/C15H26N2O3/c1-10-3-5-15(9-16,6-4-10)14(20)17-7-12(8-17)11(2)13(18)19/h10-12H,3-9,16H2,1-2H3,(H,18,19). The Morgan fingerprint density at radius 3 is 2.35 bits per heavy atom. The van der Waals surface area contributed by atoms with Gasteiger partial charge in [0.2, 0.25) is 5.91 Å². The normalized spacial score (nSPS) is 32.5. The fourth-order valence-electron chi connectivity index (χ4n) is 3.35. The van der Waals surface area contributed by atoms with Crippen LogP contribution in [0.5, 0.6) is 0 Å². The minimum absolute atomic E-state index is 0.0915. The average Bonchev–Trinajstić information content (AvgIpc) is 2.38. The maximum atomic E-state index is 12.7. The molecule has 0 aromatic rings. The minimum Gasteiger partial charge on any atom is -0.481 e. The molecule has 2 aliphatic rings. The van der Waals surface area contributed by atoms with E-state index in [0.717, 1.165) is 25.7 Å². The molecule has 1 unspecified atom stereocenters. The van der Waals surface area contributed by atoms with E-state index >= 15 is 0 Å². The molecule has 1 aliphatic carbocycles. The van der Waals surface area contributed by atoms with Crippen molar-refractivity contribution < 1.29 is 14.7 Å². The van der Waals surface area contributed by atoms with Crippen LogP contribution in [0.15, 0.2) is 0 Å². The maximum absolute atomic E-state index is 12.7. The number of carbonyl (C=O) groups excluding carboxylic acids is 1. The summed E-state index contributed by atoms with van der Waals surface area (Å²) in [4.78, 5) is 25.4. The first kappa shape index (κ1) is 15.3. The molecule has 1 atom stereocenters. The van der Waals surface area contributed by atoms with E-state index in [9.17, 15) is 9.59 Å². The highest BCUT2D eigenvalue weighted by Crippen LogP contribution is 2.41. The molecule has 0 bridgehead atoms. The SMILES string of the molecule is CC1CCC(CN)(C(=O)N2CC(C(C)C(=O)O)C2)CC1. The van der Waals surface area contributed by atoms with Crippen LogP contribution in [-0.4, -0.2) is 41.5 Å². The summed E-state index contributed by atoms with van der Waals surface area (Å²) in [7, 11) is 0. The number of carboxylic acid groups (broad SMARTS) is 1. The van der Waals surface area contributed by atoms with E-state index in [2.05, 4.69) is 6.92 Å². The van der Waals surface area contributed by atoms with Crippen molar-refractivity contribution in [3.8, 4) is 0 Å². The van der Waals surface area contributed by atoms with Gasteiger partial charge in [0, 0.05) is 25.6 Å². The molecule has 20 heavy (non-hydrogen) atoms. The topological polar surface area (TPSA) is 83.6 Å². The number of hydrogen-bond acceptors (Lipinski definition) is 3. The van der Waals surface area contributed by atoms with Crippen LogP contribution in [-0.2, 0) is 9.59 Å². The molecule has 1 aliphatic heterocycles. The van der Waals surface area contributed by atoms with Crippen LogP contribution in [0.3, 0.4) is 0 Å². The lowest BCUT2D eigenvalue weighted by Gasteiger charge is -2.47. The molecule has 0 spiro atoms. The highest BCUT2D eigenvalue weighted by molar-refractivity contribution is 5.84. The van der Waals surface area contributed by atoms with Crippen LogP contribution in [0.1, 0.15) is 39.5 Å². The lowest BCUT2D eigenvalue weighted by Crippen LogP contribution is -2.59. The van der Waals surface area contributed by atoms with Gasteiger partial charge in [0.15, 0.2) is 0 Å². The molecule has 0 aromatic heterocycles. The lowest BCUT2D eigenvalue weighted by molar-refractivity contribution is -0.157. The third-order valence-corrected chi connectivity index (χ3v) is 5.37. The molecular weight excluding hydrogens is 256 g/mol. The summed E-state index contributed by atoms with van der Waals surface area (Å²) in [6.07, 6.45) is 3.87. The number of carbonyl (C=O) groups is 2. The predicted molar refractivity (Wildman–Crippen MR) is 76.0 cm³/mol. The molecule has 5 nitrogen and oxygen atoms in total. The van der Waals surface area contributed by atoms with Crippen molar-refractivity contribution >= 4 is 11.9 Å². The Morgan fingerprint density at radius 1 is 1.35 bits per heavy atom. The summed E-state index contributed by atoms with van der Waals surface area (Å²) in [6.45, 7) is 5.50. The molecule has 1 heterocycles. The van der Waals surface area contributed by atoms with Gasteiger partial charge in [0.1, 0.15) is 0 Å². The fourth-order valence-corrected chi connectivity index (χ4v) is 3.35. The van der Waals surface area contributed by atoms with E-state index in [1.165, 1.54) is 0 Å². The van der Waals surface area contributed by atoms with Gasteiger partial charge in [-0.3, -0.25) is 9.59 Å². The monoisotopic (exact) mass is 282 g/mol. The van der Waals surface area contributed by atoms with Crippen LogP contribution in [0.25, 0.3) is 0 Å². The summed E-state index contributed by atoms with van der Waals surface area (Å²) in [6, 6.07) is 0. The van der Waals surface area contributed by atoms with Crippen molar-refractivity contribution in [3.05, 3.63) is 0 Å². The number of carboxylic acids is 1. The van der Waals surface area contributed by atoms with Crippen molar-refractivity contribution in [1.82, 2.24) is 4.90 Å². The summed E-state index contributed by atoms with van der Waals surface area (Å²) >= 11 is 0. The largest absolute Gasteiger partial charge is 0.481 e. The zero-order valence-corrected chi connectivity index (χ0v) is 12.5. The van der Waals surface area contributed by atoms with Gasteiger partial charge in [-0.1, -0.05) is 13.8 Å². The number of nitrogens with two attached hydrogens (primary N) is 1. The first-order valence-electron chi connectivity index (χ1n) is 7.62. The van der Waals surface area contributed by atoms with Crippen molar-refractivity contribution in [1.29, 1.82) is 0 Å². The zero-order valence-electron chi connectivity index (χ0n) is 12.5. The molecule has 2 rings (SSSR count). The Balaban J connectivity index is 1.93. The zero-order chi connectivity index (χ0) is 14.9. The van der Waals surface area contributed by atoms with E-state index in [4.69, 9.17) is 10.8 Å². The predicted octanol–water partition coefficient (Wildman–Crippen LogP) is 1.32. The molecular formula is C15H26N2O3. The molecule has 1 saturated carbocycles. The number of likely N-dealkylation sites (tertiary alicyclic amines) is 1. The van der Waals surface area contributed by atoms with Gasteiger partial charge in [-0.15, -0.1) is 0 Å². The molecule has 0 aromatic carbocycles. The van der Waals surface area contributed by atoms with E-state index in [1.54, 1.807) is 6.92 Å². The first-order valence-corrected chi connectivity index (χ1v) is 7.62. The maximum Gasteiger partial charge on any atom is 0.306 e. The van der Waals surface area contributed by atoms with Crippen molar-refractivity contribution in [2.75, 3.05) is 19.6 Å². The van der Waals surface area contributed by atoms with E-state index in [0.29, 0.717) is 25.6 Å². The second-order valence-electron chi connectivity index (χ2n) is 6.76. The molecule has 5 heteroatoms. The number of amides is 1. The summed E-state index contributed by atoms with van der Waals surface area (Å²) in [5.41, 5.74) is 5.52. The number of hydrogen-bond donors (Lipinski definition) is 2. The van der Waals surface area contributed by atoms with Crippen molar-refractivity contribution in [3.63, 3.8) is 0 Å². The average molecular weight is 282 g/mol. The van der Waals surface area contributed by atoms with E-state index in [1.807, 2.05) is 4.90 Å². The molecule has 0 radical (unpaired) electrons. The second kappa shape index (κ2) is 5.72. The second-order valence-corrected chi connectivity index (χ2v) is 6.76. The van der Waals surface area contributed by atoms with Gasteiger partial charge >= 0.3 is 5.97 Å². The number of aliphatic carboxylic acids is 1. The minimum atomic E-state index is -0.776. The highest BCUT2D eigenvalue weighted by Gasteiger charge is 2.46. The first-order chi connectivity index (χ1) is 9.39. The van der Waals surface area contributed by atoms with Crippen LogP contribution in [0.4, 0.5) is 0 Å². The van der Waals surface area contributed by atoms with Gasteiger partial charge < -0.3 is 15.7 Å². The van der Waals surface area contributed by atoms with Gasteiger partial charge in [-0.25, -0.2) is 0 Å². The molecule has 114 valence electrons. The van der Waals surface area contributed by atoms with Gasteiger partial charge in [0.25, 0.3) is 0 Å². The molecule has 3 N–H and O–H groups in total. The van der Waals surface area contributed by atoms with Crippen molar-refractivity contribution in [2.45, 2.75) is 39.5 Å². The van der Waals surface area contributed by atoms with Crippen LogP contribution >= 0.6 is 0 Å². The van der Waals surface area contributed by atoms with Crippen LogP contribution < -0.4 is 5.73 Å². The summed E-state index contributed by atoms with van der Waals surface area (Å²) in [5.74, 6) is -0.227. The van der Waals surface area contributed by atoms with Crippen LogP contribution in [0, 0.1) is 23.2 Å². The highest BCUT2D eigenvalue weighted by atomic mass is 16.4. The Hall–Kier alpha value is -1.10. The quantitative estimate of drug-likeness (QED) is 0.814. The van der Waals surface area contributed by atoms with E-state index < -0.39 is 5.97 Å². The van der Waals surface area contributed by atoms with Gasteiger partial charge in [-0.05, 0) is 31.6 Å². The van der Waals surface area contributed by atoms with Crippen LogP contribution in [0.2, 0.25) is 0 Å². The Labute approximate surface area is 120 Å². The van der Waals surface area contributed by atoms with E-state index in [-0.39, 0.29) is 23.2 Å².